The number of rotatable bonds is 0. The molecule has 2 fully saturated rings. The number of carbonyl (C=O) groups is 4. The Morgan fingerprint density at radius 2 is 1.40 bits per heavy atom. The van der Waals surface area contributed by atoms with E-state index in [1.807, 2.05) is 0 Å². The molecule has 2 saturated carbocycles. The SMILES string of the molecule is CC1CCC(=O)C1=O.O=C1CCCC1=O. The monoisotopic (exact) mass is 210 g/mol. The van der Waals surface area contributed by atoms with Gasteiger partial charge in [0, 0.05) is 25.2 Å². The summed E-state index contributed by atoms with van der Waals surface area (Å²) in [5, 5.41) is 0. The first-order valence-electron chi connectivity index (χ1n) is 5.15. The lowest BCUT2D eigenvalue weighted by Crippen LogP contribution is -2.09. The standard InChI is InChI=1S/C6H8O2.C5H6O2/c1-4-2-3-5(7)6(4)8;6-4-2-1-3-5(4)7/h4H,2-3H2,1H3;1-3H2. The van der Waals surface area contributed by atoms with E-state index >= 15 is 0 Å². The van der Waals surface area contributed by atoms with Crippen molar-refractivity contribution in [1.82, 2.24) is 0 Å². The molecular formula is C11H14O4. The summed E-state index contributed by atoms with van der Waals surface area (Å²) in [6.07, 6.45) is 2.98. The normalized spacial score (nSPS) is 25.5. The van der Waals surface area contributed by atoms with Crippen LogP contribution in [0.5, 0.6) is 0 Å². The molecule has 0 aromatic rings. The van der Waals surface area contributed by atoms with Gasteiger partial charge in [-0.05, 0) is 12.8 Å². The lowest BCUT2D eigenvalue weighted by atomic mass is 10.1. The van der Waals surface area contributed by atoms with E-state index in [1.165, 1.54) is 0 Å². The molecule has 4 heteroatoms. The van der Waals surface area contributed by atoms with Crippen LogP contribution < -0.4 is 0 Å². The summed E-state index contributed by atoms with van der Waals surface area (Å²) < 4.78 is 0. The first-order chi connectivity index (χ1) is 7.02. The predicted molar refractivity (Wildman–Crippen MR) is 52.3 cm³/mol. The van der Waals surface area contributed by atoms with Gasteiger partial charge in [-0.15, -0.1) is 0 Å². The minimum atomic E-state index is -0.183. The summed E-state index contributed by atoms with van der Waals surface area (Å²) in [5.74, 6) is -0.718. The van der Waals surface area contributed by atoms with Crippen LogP contribution in [0.2, 0.25) is 0 Å². The molecule has 0 aromatic heterocycles. The highest BCUT2D eigenvalue weighted by atomic mass is 16.2. The molecule has 2 rings (SSSR count). The summed E-state index contributed by atoms with van der Waals surface area (Å²) >= 11 is 0. The van der Waals surface area contributed by atoms with Crippen molar-refractivity contribution >= 4 is 23.1 Å². The van der Waals surface area contributed by atoms with Crippen LogP contribution in [0, 0.1) is 5.92 Å². The summed E-state index contributed by atoms with van der Waals surface area (Å²) in [4.78, 5) is 41.4. The average molecular weight is 210 g/mol. The highest BCUT2D eigenvalue weighted by Crippen LogP contribution is 2.16. The van der Waals surface area contributed by atoms with Crippen LogP contribution in [-0.4, -0.2) is 23.1 Å². The van der Waals surface area contributed by atoms with E-state index < -0.39 is 0 Å². The Morgan fingerprint density at radius 1 is 0.867 bits per heavy atom. The molecule has 0 N–H and O–H groups in total. The molecule has 0 spiro atoms. The number of hydrogen-bond donors (Lipinski definition) is 0. The zero-order valence-corrected chi connectivity index (χ0v) is 8.75. The van der Waals surface area contributed by atoms with Gasteiger partial charge in [0.1, 0.15) is 0 Å². The zero-order valence-electron chi connectivity index (χ0n) is 8.75. The van der Waals surface area contributed by atoms with Crippen molar-refractivity contribution < 1.29 is 19.2 Å². The van der Waals surface area contributed by atoms with E-state index in [0.29, 0.717) is 19.3 Å². The van der Waals surface area contributed by atoms with E-state index in [1.54, 1.807) is 6.92 Å². The minimum Gasteiger partial charge on any atom is -0.291 e. The third kappa shape index (κ3) is 3.08. The first-order valence-corrected chi connectivity index (χ1v) is 5.15. The van der Waals surface area contributed by atoms with Gasteiger partial charge in [-0.25, -0.2) is 0 Å². The van der Waals surface area contributed by atoms with E-state index in [9.17, 15) is 19.2 Å². The van der Waals surface area contributed by atoms with Gasteiger partial charge in [-0.2, -0.15) is 0 Å². The summed E-state index contributed by atoms with van der Waals surface area (Å²) in [6.45, 7) is 1.80. The summed E-state index contributed by atoms with van der Waals surface area (Å²) in [7, 11) is 0. The lowest BCUT2D eigenvalue weighted by molar-refractivity contribution is -0.135. The number of ketones is 4. The maximum absolute atomic E-state index is 10.6. The van der Waals surface area contributed by atoms with Gasteiger partial charge < -0.3 is 0 Å². The van der Waals surface area contributed by atoms with Crippen molar-refractivity contribution in [2.24, 2.45) is 5.92 Å². The van der Waals surface area contributed by atoms with E-state index in [4.69, 9.17) is 0 Å². The van der Waals surface area contributed by atoms with Gasteiger partial charge in [0.25, 0.3) is 0 Å². The number of carbonyl (C=O) groups excluding carboxylic acids is 4. The van der Waals surface area contributed by atoms with Crippen LogP contribution in [-0.2, 0) is 19.2 Å². The third-order valence-electron chi connectivity index (χ3n) is 2.65. The largest absolute Gasteiger partial charge is 0.291 e. The fourth-order valence-electron chi connectivity index (χ4n) is 1.57. The van der Waals surface area contributed by atoms with Gasteiger partial charge in [0.05, 0.1) is 0 Å². The van der Waals surface area contributed by atoms with Gasteiger partial charge in [-0.1, -0.05) is 6.92 Å². The molecule has 0 heterocycles. The molecule has 0 radical (unpaired) electrons. The Bertz CT molecular complexity index is 303. The molecule has 82 valence electrons. The van der Waals surface area contributed by atoms with Crippen molar-refractivity contribution in [1.29, 1.82) is 0 Å². The maximum atomic E-state index is 10.6. The highest BCUT2D eigenvalue weighted by Gasteiger charge is 2.27. The van der Waals surface area contributed by atoms with Crippen molar-refractivity contribution in [3.63, 3.8) is 0 Å². The van der Waals surface area contributed by atoms with E-state index in [-0.39, 0.29) is 29.1 Å². The minimum absolute atomic E-state index is 0.00231. The van der Waals surface area contributed by atoms with Gasteiger partial charge >= 0.3 is 0 Å². The Labute approximate surface area is 88.0 Å². The van der Waals surface area contributed by atoms with Crippen molar-refractivity contribution in [2.75, 3.05) is 0 Å². The molecule has 2 aliphatic rings. The second-order valence-corrected chi connectivity index (χ2v) is 3.93. The van der Waals surface area contributed by atoms with E-state index in [0.717, 1.165) is 12.8 Å². The average Bonchev–Trinajstić information content (AvgIpc) is 2.70. The zero-order chi connectivity index (χ0) is 11.4. The van der Waals surface area contributed by atoms with Gasteiger partial charge in [0.2, 0.25) is 5.78 Å². The predicted octanol–water partition coefficient (Wildman–Crippen LogP) is 0.863. The number of hydrogen-bond acceptors (Lipinski definition) is 4. The van der Waals surface area contributed by atoms with Crippen LogP contribution in [0.3, 0.4) is 0 Å². The smallest absolute Gasteiger partial charge is 0.201 e. The van der Waals surface area contributed by atoms with Crippen molar-refractivity contribution in [3.8, 4) is 0 Å². The fraction of sp³-hybridized carbons (Fsp3) is 0.636. The van der Waals surface area contributed by atoms with Gasteiger partial charge in [0.15, 0.2) is 17.3 Å². The molecule has 0 aliphatic heterocycles. The van der Waals surface area contributed by atoms with Gasteiger partial charge in [-0.3, -0.25) is 19.2 Å². The molecule has 15 heavy (non-hydrogen) atoms. The molecule has 1 atom stereocenters. The van der Waals surface area contributed by atoms with Crippen LogP contribution in [0.1, 0.15) is 39.0 Å². The molecule has 0 bridgehead atoms. The van der Waals surface area contributed by atoms with Crippen molar-refractivity contribution in [2.45, 2.75) is 39.0 Å². The molecule has 2 aliphatic carbocycles. The van der Waals surface area contributed by atoms with Crippen LogP contribution in [0.15, 0.2) is 0 Å². The van der Waals surface area contributed by atoms with Crippen LogP contribution in [0.25, 0.3) is 0 Å². The number of Topliss-reactive ketones (excluding diaryl/α,β-unsaturated/α-hetero) is 4. The Balaban J connectivity index is 0.000000151. The summed E-state index contributed by atoms with van der Waals surface area (Å²) in [5.41, 5.74) is 0. The molecular weight excluding hydrogens is 196 g/mol. The Morgan fingerprint density at radius 3 is 1.53 bits per heavy atom. The van der Waals surface area contributed by atoms with Crippen LogP contribution >= 0.6 is 0 Å². The highest BCUT2D eigenvalue weighted by molar-refractivity contribution is 6.39. The quantitative estimate of drug-likeness (QED) is 0.556. The molecule has 0 amide bonds. The van der Waals surface area contributed by atoms with Crippen molar-refractivity contribution in [3.05, 3.63) is 0 Å². The first kappa shape index (κ1) is 11.8. The lowest BCUT2D eigenvalue weighted by Gasteiger charge is -1.89. The molecule has 1 unspecified atom stereocenters. The third-order valence-corrected chi connectivity index (χ3v) is 2.65. The van der Waals surface area contributed by atoms with E-state index in [2.05, 4.69) is 0 Å². The second-order valence-electron chi connectivity index (χ2n) is 3.93. The Hall–Kier alpha value is -1.32. The molecule has 4 nitrogen and oxygen atoms in total. The summed E-state index contributed by atoms with van der Waals surface area (Å²) in [6, 6.07) is 0. The Kier molecular flexibility index (Phi) is 3.88. The second kappa shape index (κ2) is 4.96. The molecule has 0 saturated heterocycles. The maximum Gasteiger partial charge on any atom is 0.201 e. The topological polar surface area (TPSA) is 68.3 Å². The fourth-order valence-corrected chi connectivity index (χ4v) is 1.57. The van der Waals surface area contributed by atoms with Crippen LogP contribution in [0.4, 0.5) is 0 Å². The molecule has 0 aromatic carbocycles.